The van der Waals surface area contributed by atoms with Crippen molar-refractivity contribution in [3.63, 3.8) is 0 Å². The fourth-order valence-corrected chi connectivity index (χ4v) is 2.04. The van der Waals surface area contributed by atoms with E-state index in [-0.39, 0.29) is 11.5 Å². The standard InChI is InChI=1S/C12H17BrN4O2/c1-2-16-11(18)3-4-17-10-5-7(12(15)19)9(14)6-8(10)13/h5-6,17H,2-4,14H2,1H3,(H2,15,19)(H,16,18). The van der Waals surface area contributed by atoms with Crippen LogP contribution in [-0.2, 0) is 4.79 Å². The SMILES string of the molecule is CCNC(=O)CCNc1cc(C(N)=O)c(N)cc1Br. The fraction of sp³-hybridized carbons (Fsp3) is 0.333. The van der Waals surface area contributed by atoms with Crippen molar-refractivity contribution in [3.8, 4) is 0 Å². The number of carbonyl (C=O) groups is 2. The molecule has 0 aliphatic rings. The second-order valence-electron chi connectivity index (χ2n) is 3.91. The van der Waals surface area contributed by atoms with Gasteiger partial charge in [0.1, 0.15) is 0 Å². The molecular weight excluding hydrogens is 312 g/mol. The molecule has 0 bridgehead atoms. The monoisotopic (exact) mass is 328 g/mol. The number of nitrogen functional groups attached to an aromatic ring is 1. The average Bonchev–Trinajstić information content (AvgIpc) is 2.31. The smallest absolute Gasteiger partial charge is 0.250 e. The molecule has 2 amide bonds. The van der Waals surface area contributed by atoms with Gasteiger partial charge in [0.05, 0.1) is 5.56 Å². The number of anilines is 2. The van der Waals surface area contributed by atoms with Crippen molar-refractivity contribution >= 4 is 39.1 Å². The van der Waals surface area contributed by atoms with Crippen LogP contribution in [0.4, 0.5) is 11.4 Å². The van der Waals surface area contributed by atoms with E-state index in [0.717, 1.165) is 0 Å². The van der Waals surface area contributed by atoms with Gasteiger partial charge in [0, 0.05) is 35.4 Å². The van der Waals surface area contributed by atoms with Gasteiger partial charge in [-0.15, -0.1) is 0 Å². The third-order valence-corrected chi connectivity index (χ3v) is 3.10. The summed E-state index contributed by atoms with van der Waals surface area (Å²) in [6, 6.07) is 3.17. The summed E-state index contributed by atoms with van der Waals surface area (Å²) < 4.78 is 0.714. The molecule has 0 radical (unpaired) electrons. The van der Waals surface area contributed by atoms with Crippen LogP contribution in [0.15, 0.2) is 16.6 Å². The van der Waals surface area contributed by atoms with Crippen molar-refractivity contribution in [2.75, 3.05) is 24.1 Å². The first kappa shape index (κ1) is 15.3. The Morgan fingerprint density at radius 1 is 1.37 bits per heavy atom. The summed E-state index contributed by atoms with van der Waals surface area (Å²) in [5, 5.41) is 5.75. The summed E-state index contributed by atoms with van der Waals surface area (Å²) in [7, 11) is 0. The summed E-state index contributed by atoms with van der Waals surface area (Å²) >= 11 is 3.33. The van der Waals surface area contributed by atoms with Crippen molar-refractivity contribution in [1.29, 1.82) is 0 Å². The van der Waals surface area contributed by atoms with E-state index in [1.54, 1.807) is 12.1 Å². The average molecular weight is 329 g/mol. The van der Waals surface area contributed by atoms with Gasteiger partial charge in [0.15, 0.2) is 0 Å². The lowest BCUT2D eigenvalue weighted by molar-refractivity contribution is -0.120. The Bertz CT molecular complexity index is 491. The third-order valence-electron chi connectivity index (χ3n) is 2.45. The number of hydrogen-bond acceptors (Lipinski definition) is 4. The number of primary amides is 1. The summed E-state index contributed by atoms with van der Waals surface area (Å²) in [5.74, 6) is -0.617. The molecule has 7 heteroatoms. The van der Waals surface area contributed by atoms with Crippen LogP contribution in [0.2, 0.25) is 0 Å². The van der Waals surface area contributed by atoms with Crippen LogP contribution in [0.1, 0.15) is 23.7 Å². The number of nitrogens with one attached hydrogen (secondary N) is 2. The molecule has 6 N–H and O–H groups in total. The van der Waals surface area contributed by atoms with Gasteiger partial charge in [-0.05, 0) is 35.0 Å². The predicted molar refractivity (Wildman–Crippen MR) is 78.9 cm³/mol. The molecule has 0 aliphatic carbocycles. The van der Waals surface area contributed by atoms with Gasteiger partial charge in [0.25, 0.3) is 5.91 Å². The first-order chi connectivity index (χ1) is 8.95. The van der Waals surface area contributed by atoms with Gasteiger partial charge in [0.2, 0.25) is 5.91 Å². The van der Waals surface area contributed by atoms with E-state index in [1.807, 2.05) is 6.92 Å². The highest BCUT2D eigenvalue weighted by Gasteiger charge is 2.10. The zero-order chi connectivity index (χ0) is 14.4. The fourth-order valence-electron chi connectivity index (χ4n) is 1.53. The van der Waals surface area contributed by atoms with Crippen molar-refractivity contribution < 1.29 is 9.59 Å². The summed E-state index contributed by atoms with van der Waals surface area (Å²) in [4.78, 5) is 22.5. The zero-order valence-electron chi connectivity index (χ0n) is 10.6. The van der Waals surface area contributed by atoms with Gasteiger partial charge in [-0.2, -0.15) is 0 Å². The van der Waals surface area contributed by atoms with Crippen LogP contribution < -0.4 is 22.1 Å². The molecule has 0 saturated heterocycles. The largest absolute Gasteiger partial charge is 0.398 e. The van der Waals surface area contributed by atoms with Gasteiger partial charge < -0.3 is 22.1 Å². The van der Waals surface area contributed by atoms with Crippen LogP contribution in [-0.4, -0.2) is 24.9 Å². The highest BCUT2D eigenvalue weighted by molar-refractivity contribution is 9.10. The lowest BCUT2D eigenvalue weighted by atomic mass is 10.1. The number of rotatable bonds is 6. The van der Waals surface area contributed by atoms with E-state index in [9.17, 15) is 9.59 Å². The molecule has 0 aliphatic heterocycles. The molecule has 1 rings (SSSR count). The molecule has 1 aromatic rings. The van der Waals surface area contributed by atoms with Crippen molar-refractivity contribution in [3.05, 3.63) is 22.2 Å². The highest BCUT2D eigenvalue weighted by atomic mass is 79.9. The molecule has 0 saturated carbocycles. The second-order valence-corrected chi connectivity index (χ2v) is 4.77. The molecule has 104 valence electrons. The summed E-state index contributed by atoms with van der Waals surface area (Å²) in [6.45, 7) is 2.92. The van der Waals surface area contributed by atoms with Gasteiger partial charge in [-0.3, -0.25) is 9.59 Å². The molecule has 19 heavy (non-hydrogen) atoms. The number of benzene rings is 1. The van der Waals surface area contributed by atoms with Crippen LogP contribution in [0.3, 0.4) is 0 Å². The minimum Gasteiger partial charge on any atom is -0.398 e. The maximum Gasteiger partial charge on any atom is 0.250 e. The first-order valence-electron chi connectivity index (χ1n) is 5.85. The van der Waals surface area contributed by atoms with Crippen LogP contribution in [0.5, 0.6) is 0 Å². The summed E-state index contributed by atoms with van der Waals surface area (Å²) in [5.41, 5.74) is 12.1. The topological polar surface area (TPSA) is 110 Å². The number of amides is 2. The molecule has 0 heterocycles. The molecule has 0 fully saturated rings. The molecule has 0 atom stereocenters. The van der Waals surface area contributed by atoms with Gasteiger partial charge in [-0.25, -0.2) is 0 Å². The predicted octanol–water partition coefficient (Wildman–Crippen LogP) is 1.07. The van der Waals surface area contributed by atoms with E-state index in [0.29, 0.717) is 35.4 Å². The van der Waals surface area contributed by atoms with Crippen molar-refractivity contribution in [1.82, 2.24) is 5.32 Å². The Morgan fingerprint density at radius 3 is 2.63 bits per heavy atom. The lowest BCUT2D eigenvalue weighted by Gasteiger charge is -2.11. The number of halogens is 1. The second kappa shape index (κ2) is 6.98. The van der Waals surface area contributed by atoms with Crippen LogP contribution >= 0.6 is 15.9 Å². The third kappa shape index (κ3) is 4.44. The minimum atomic E-state index is -0.586. The Balaban J connectivity index is 2.70. The maximum atomic E-state index is 11.3. The van der Waals surface area contributed by atoms with Gasteiger partial charge in [-0.1, -0.05) is 0 Å². The molecular formula is C12H17BrN4O2. The minimum absolute atomic E-state index is 0.0308. The maximum absolute atomic E-state index is 11.3. The number of carbonyl (C=O) groups excluding carboxylic acids is 2. The number of hydrogen-bond donors (Lipinski definition) is 4. The van der Waals surface area contributed by atoms with Gasteiger partial charge >= 0.3 is 0 Å². The molecule has 0 aromatic heterocycles. The van der Waals surface area contributed by atoms with E-state index < -0.39 is 5.91 Å². The van der Waals surface area contributed by atoms with Crippen LogP contribution in [0.25, 0.3) is 0 Å². The zero-order valence-corrected chi connectivity index (χ0v) is 12.2. The quantitative estimate of drug-likeness (QED) is 0.585. The van der Waals surface area contributed by atoms with E-state index in [2.05, 4.69) is 26.6 Å². The Kier molecular flexibility index (Phi) is 5.62. The van der Waals surface area contributed by atoms with Crippen molar-refractivity contribution in [2.45, 2.75) is 13.3 Å². The number of nitrogens with two attached hydrogens (primary N) is 2. The molecule has 0 spiro atoms. The molecule has 0 unspecified atom stereocenters. The normalized spacial score (nSPS) is 10.0. The van der Waals surface area contributed by atoms with Crippen LogP contribution in [0, 0.1) is 0 Å². The van der Waals surface area contributed by atoms with E-state index in [4.69, 9.17) is 11.5 Å². The molecule has 6 nitrogen and oxygen atoms in total. The Morgan fingerprint density at radius 2 is 2.05 bits per heavy atom. The van der Waals surface area contributed by atoms with Crippen molar-refractivity contribution in [2.24, 2.45) is 5.73 Å². The van der Waals surface area contributed by atoms with E-state index >= 15 is 0 Å². The Labute approximate surface area is 120 Å². The lowest BCUT2D eigenvalue weighted by Crippen LogP contribution is -2.24. The molecule has 1 aromatic carbocycles. The highest BCUT2D eigenvalue weighted by Crippen LogP contribution is 2.28. The Hall–Kier alpha value is -1.76. The van der Waals surface area contributed by atoms with E-state index in [1.165, 1.54) is 0 Å². The summed E-state index contributed by atoms with van der Waals surface area (Å²) in [6.07, 6.45) is 0.344. The first-order valence-corrected chi connectivity index (χ1v) is 6.64.